The van der Waals surface area contributed by atoms with E-state index in [1.165, 1.54) is 36.1 Å². The van der Waals surface area contributed by atoms with Crippen molar-refractivity contribution in [3.8, 4) is 0 Å². The van der Waals surface area contributed by atoms with E-state index in [4.69, 9.17) is 11.6 Å². The Hall–Kier alpha value is -2.98. The summed E-state index contributed by atoms with van der Waals surface area (Å²) in [7, 11) is 0. The summed E-state index contributed by atoms with van der Waals surface area (Å²) in [6.07, 6.45) is 4.02. The third-order valence-corrected chi connectivity index (χ3v) is 9.47. The highest BCUT2D eigenvalue weighted by atomic mass is 35.5. The largest absolute Gasteiger partial charge is 0.378 e. The van der Waals surface area contributed by atoms with Crippen LogP contribution in [-0.2, 0) is 0 Å². The number of nitrogens with one attached hydrogen (secondary N) is 1. The highest BCUT2D eigenvalue weighted by Crippen LogP contribution is 2.63. The van der Waals surface area contributed by atoms with Crippen LogP contribution in [0.1, 0.15) is 52.7 Å². The summed E-state index contributed by atoms with van der Waals surface area (Å²) in [5, 5.41) is 4.65. The van der Waals surface area contributed by atoms with E-state index >= 15 is 0 Å². The summed E-state index contributed by atoms with van der Waals surface area (Å²) in [5.41, 5.74) is 5.96. The Morgan fingerprint density at radius 1 is 0.861 bits per heavy atom. The fourth-order valence-electron chi connectivity index (χ4n) is 7.63. The van der Waals surface area contributed by atoms with Gasteiger partial charge in [0.25, 0.3) is 5.91 Å². The maximum Gasteiger partial charge on any atom is 0.253 e. The number of rotatable bonds is 3. The van der Waals surface area contributed by atoms with Crippen molar-refractivity contribution < 1.29 is 4.79 Å². The van der Waals surface area contributed by atoms with E-state index < -0.39 is 0 Å². The quantitative estimate of drug-likeness (QED) is 0.443. The van der Waals surface area contributed by atoms with Crippen LogP contribution < -0.4 is 10.2 Å². The molecule has 1 N–H and O–H groups in total. The van der Waals surface area contributed by atoms with Crippen molar-refractivity contribution in [2.75, 3.05) is 36.4 Å². The molecular weight excluding hydrogens is 466 g/mol. The van der Waals surface area contributed by atoms with Crippen LogP contribution in [0.15, 0.2) is 72.8 Å². The molecule has 2 saturated carbocycles. The Balaban J connectivity index is 1.13. The molecule has 3 aromatic carbocycles. The average Bonchev–Trinajstić information content (AvgIpc) is 3.56. The van der Waals surface area contributed by atoms with E-state index in [0.717, 1.165) is 54.3 Å². The van der Waals surface area contributed by atoms with Gasteiger partial charge in [0.1, 0.15) is 0 Å². The Bertz CT molecular complexity index is 1290. The van der Waals surface area contributed by atoms with E-state index in [2.05, 4.69) is 58.7 Å². The molecule has 0 radical (unpaired) electrons. The Morgan fingerprint density at radius 3 is 2.47 bits per heavy atom. The molecular formula is C31H32ClN3O. The number of amides is 1. The predicted molar refractivity (Wildman–Crippen MR) is 146 cm³/mol. The normalized spacial score (nSPS) is 28.4. The van der Waals surface area contributed by atoms with Gasteiger partial charge < -0.3 is 15.1 Å². The zero-order valence-corrected chi connectivity index (χ0v) is 21.2. The van der Waals surface area contributed by atoms with Crippen LogP contribution >= 0.6 is 11.6 Å². The van der Waals surface area contributed by atoms with E-state index in [-0.39, 0.29) is 5.91 Å². The topological polar surface area (TPSA) is 35.6 Å². The summed E-state index contributed by atoms with van der Waals surface area (Å²) < 4.78 is 0. The lowest BCUT2D eigenvalue weighted by Crippen LogP contribution is -2.48. The zero-order valence-electron chi connectivity index (χ0n) is 20.4. The van der Waals surface area contributed by atoms with Gasteiger partial charge in [-0.15, -0.1) is 0 Å². The molecule has 36 heavy (non-hydrogen) atoms. The van der Waals surface area contributed by atoms with Gasteiger partial charge in [-0.3, -0.25) is 4.79 Å². The highest BCUT2D eigenvalue weighted by molar-refractivity contribution is 6.30. The molecule has 5 atom stereocenters. The number of nitrogens with zero attached hydrogens (tertiary/aromatic N) is 2. The zero-order chi connectivity index (χ0) is 24.2. The number of fused-ring (bicyclic) bond motifs is 7. The van der Waals surface area contributed by atoms with Gasteiger partial charge >= 0.3 is 0 Å². The van der Waals surface area contributed by atoms with E-state index in [1.807, 2.05) is 29.2 Å². The molecule has 3 fully saturated rings. The summed E-state index contributed by atoms with van der Waals surface area (Å²) in [6.45, 7) is 3.11. The van der Waals surface area contributed by atoms with Gasteiger partial charge in [-0.1, -0.05) is 48.0 Å². The Morgan fingerprint density at radius 2 is 1.67 bits per heavy atom. The third-order valence-electron chi connectivity index (χ3n) is 9.23. The monoisotopic (exact) mass is 497 g/mol. The number of halogens is 1. The fraction of sp³-hybridized carbons (Fsp3) is 0.387. The van der Waals surface area contributed by atoms with Crippen molar-refractivity contribution in [3.63, 3.8) is 0 Å². The molecule has 2 bridgehead atoms. The van der Waals surface area contributed by atoms with Gasteiger partial charge in [0.2, 0.25) is 0 Å². The summed E-state index contributed by atoms with van der Waals surface area (Å²) in [5.74, 6) is 2.86. The van der Waals surface area contributed by atoms with Crippen molar-refractivity contribution in [3.05, 3.63) is 94.5 Å². The van der Waals surface area contributed by atoms with Crippen LogP contribution in [0.25, 0.3) is 0 Å². The van der Waals surface area contributed by atoms with Crippen molar-refractivity contribution in [1.29, 1.82) is 0 Å². The first kappa shape index (κ1) is 22.2. The first-order valence-corrected chi connectivity index (χ1v) is 13.8. The van der Waals surface area contributed by atoms with Crippen LogP contribution in [-0.4, -0.2) is 37.0 Å². The fourth-order valence-corrected chi connectivity index (χ4v) is 7.82. The summed E-state index contributed by atoms with van der Waals surface area (Å²) in [6, 6.07) is 25.7. The van der Waals surface area contributed by atoms with Crippen LogP contribution in [0.2, 0.25) is 5.02 Å². The molecule has 2 aliphatic carbocycles. The molecule has 4 aliphatic rings. The third kappa shape index (κ3) is 3.69. The van der Waals surface area contributed by atoms with E-state index in [9.17, 15) is 4.79 Å². The maximum absolute atomic E-state index is 13.6. The second kappa shape index (κ2) is 8.85. The minimum Gasteiger partial charge on any atom is -0.378 e. The average molecular weight is 498 g/mol. The first-order valence-electron chi connectivity index (χ1n) is 13.4. The molecule has 0 unspecified atom stereocenters. The van der Waals surface area contributed by atoms with Crippen LogP contribution in [0.5, 0.6) is 0 Å². The Kier molecular flexibility index (Phi) is 5.46. The number of carbonyl (C=O) groups is 1. The SMILES string of the molecule is O=C(c1ccc2c(c1)[C@@H]1[C@H]3CC[C@@H](C3)[C@H]1[C@@H](c1ccccc1)N2)N1CCN(c2cccc(Cl)c2)CC1. The van der Waals surface area contributed by atoms with Gasteiger partial charge in [-0.25, -0.2) is 0 Å². The van der Waals surface area contributed by atoms with Crippen molar-refractivity contribution in [1.82, 2.24) is 4.90 Å². The predicted octanol–water partition coefficient (Wildman–Crippen LogP) is 6.60. The number of hydrogen-bond acceptors (Lipinski definition) is 3. The molecule has 2 heterocycles. The Labute approximate surface area is 218 Å². The lowest BCUT2D eigenvalue weighted by Gasteiger charge is -2.44. The van der Waals surface area contributed by atoms with Gasteiger partial charge in [0, 0.05) is 48.1 Å². The minimum absolute atomic E-state index is 0.161. The first-order chi connectivity index (χ1) is 17.7. The molecule has 5 heteroatoms. The van der Waals surface area contributed by atoms with Crippen LogP contribution in [0, 0.1) is 17.8 Å². The summed E-state index contributed by atoms with van der Waals surface area (Å²) >= 11 is 6.19. The highest BCUT2D eigenvalue weighted by Gasteiger charge is 2.53. The molecule has 2 aliphatic heterocycles. The van der Waals surface area contributed by atoms with Crippen LogP contribution in [0.4, 0.5) is 11.4 Å². The van der Waals surface area contributed by atoms with E-state index in [0.29, 0.717) is 17.9 Å². The lowest BCUT2D eigenvalue weighted by atomic mass is 9.68. The lowest BCUT2D eigenvalue weighted by molar-refractivity contribution is 0.0746. The molecule has 1 saturated heterocycles. The maximum atomic E-state index is 13.6. The number of piperazine rings is 1. The molecule has 4 nitrogen and oxygen atoms in total. The second-order valence-electron chi connectivity index (χ2n) is 11.0. The van der Waals surface area contributed by atoms with Gasteiger partial charge in [0.15, 0.2) is 0 Å². The van der Waals surface area contributed by atoms with Crippen molar-refractivity contribution in [2.24, 2.45) is 17.8 Å². The molecule has 184 valence electrons. The number of benzene rings is 3. The van der Waals surface area contributed by atoms with Gasteiger partial charge in [-0.2, -0.15) is 0 Å². The molecule has 0 aromatic heterocycles. The summed E-state index contributed by atoms with van der Waals surface area (Å²) in [4.78, 5) is 17.9. The van der Waals surface area contributed by atoms with Crippen molar-refractivity contribution >= 4 is 28.9 Å². The smallest absolute Gasteiger partial charge is 0.253 e. The van der Waals surface area contributed by atoms with E-state index in [1.54, 1.807) is 0 Å². The molecule has 3 aromatic rings. The van der Waals surface area contributed by atoms with Gasteiger partial charge in [0.05, 0.1) is 6.04 Å². The second-order valence-corrected chi connectivity index (χ2v) is 11.5. The number of carbonyl (C=O) groups excluding carboxylic acids is 1. The molecule has 0 spiro atoms. The molecule has 1 amide bonds. The van der Waals surface area contributed by atoms with Gasteiger partial charge in [-0.05, 0) is 90.5 Å². The van der Waals surface area contributed by atoms with Crippen molar-refractivity contribution in [2.45, 2.75) is 31.2 Å². The molecule has 7 rings (SSSR count). The van der Waals surface area contributed by atoms with Crippen LogP contribution in [0.3, 0.4) is 0 Å². The standard InChI is InChI=1S/C31H32ClN3O/c32-24-7-4-8-25(19-24)34-13-15-35(16-14-34)31(36)23-11-12-27-26(18-23)28-21-9-10-22(17-21)29(28)30(33-27)20-5-2-1-3-6-20/h1-8,11-12,18-19,21-22,28-30,33H,9-10,13-17H2/t21-,22-,28-,29+,30+/m0/s1. The minimum atomic E-state index is 0.161. The number of anilines is 2. The number of hydrogen-bond donors (Lipinski definition) is 1.